The third-order valence-electron chi connectivity index (χ3n) is 5.87. The van der Waals surface area contributed by atoms with Crippen LogP contribution in [-0.4, -0.2) is 30.9 Å². The van der Waals surface area contributed by atoms with Crippen LogP contribution in [0.5, 0.6) is 0 Å². The standard InChI is InChI=1S/C25H26N6O2/c1-17-6-8-19(9-7-17)25-30-28-23(33-25)15-14-22(32)26-20-12-10-18(11-13-20)24-29-27-21-5-3-2-4-16-31(21)24/h6-13H,2-5,14-16H2,1H3,(H,26,32). The molecule has 5 rings (SSSR count). The third-order valence-corrected chi connectivity index (χ3v) is 5.87. The van der Waals surface area contributed by atoms with E-state index in [1.165, 1.54) is 18.4 Å². The molecule has 1 aliphatic rings. The van der Waals surface area contributed by atoms with Crippen LogP contribution in [0.15, 0.2) is 52.9 Å². The lowest BCUT2D eigenvalue weighted by Gasteiger charge is -2.08. The summed E-state index contributed by atoms with van der Waals surface area (Å²) in [6, 6.07) is 15.6. The first-order valence-electron chi connectivity index (χ1n) is 11.4. The monoisotopic (exact) mass is 442 g/mol. The quantitative estimate of drug-likeness (QED) is 0.468. The van der Waals surface area contributed by atoms with Crippen molar-refractivity contribution >= 4 is 11.6 Å². The molecule has 0 radical (unpaired) electrons. The molecule has 33 heavy (non-hydrogen) atoms. The van der Waals surface area contributed by atoms with Crippen molar-refractivity contribution in [2.24, 2.45) is 0 Å². The molecule has 0 atom stereocenters. The molecule has 0 saturated heterocycles. The fourth-order valence-corrected chi connectivity index (χ4v) is 4.01. The molecule has 2 aromatic carbocycles. The van der Waals surface area contributed by atoms with E-state index in [1.54, 1.807) is 0 Å². The number of rotatable bonds is 6. The molecule has 0 fully saturated rings. The fraction of sp³-hybridized carbons (Fsp3) is 0.320. The highest BCUT2D eigenvalue weighted by Crippen LogP contribution is 2.24. The number of benzene rings is 2. The molecule has 0 unspecified atom stereocenters. The number of carbonyl (C=O) groups excluding carboxylic acids is 1. The van der Waals surface area contributed by atoms with E-state index in [9.17, 15) is 4.79 Å². The Labute approximate surface area is 192 Å². The Bertz CT molecular complexity index is 1240. The van der Waals surface area contributed by atoms with Crippen molar-refractivity contribution in [3.05, 3.63) is 65.8 Å². The van der Waals surface area contributed by atoms with Crippen LogP contribution >= 0.6 is 0 Å². The molecular weight excluding hydrogens is 416 g/mol. The number of hydrogen-bond acceptors (Lipinski definition) is 6. The fourth-order valence-electron chi connectivity index (χ4n) is 4.01. The van der Waals surface area contributed by atoms with Gasteiger partial charge in [0.1, 0.15) is 5.82 Å². The summed E-state index contributed by atoms with van der Waals surface area (Å²) in [5.41, 5.74) is 3.78. The lowest BCUT2D eigenvalue weighted by atomic mass is 10.1. The van der Waals surface area contributed by atoms with Gasteiger partial charge in [-0.2, -0.15) is 0 Å². The minimum absolute atomic E-state index is 0.103. The molecule has 0 bridgehead atoms. The average Bonchev–Trinajstić information content (AvgIpc) is 3.40. The van der Waals surface area contributed by atoms with Gasteiger partial charge in [-0.25, -0.2) is 0 Å². The summed E-state index contributed by atoms with van der Waals surface area (Å²) in [6.45, 7) is 2.98. The smallest absolute Gasteiger partial charge is 0.247 e. The average molecular weight is 443 g/mol. The largest absolute Gasteiger partial charge is 0.421 e. The highest BCUT2D eigenvalue weighted by atomic mass is 16.4. The van der Waals surface area contributed by atoms with E-state index >= 15 is 0 Å². The van der Waals surface area contributed by atoms with Gasteiger partial charge in [0.25, 0.3) is 0 Å². The highest BCUT2D eigenvalue weighted by Gasteiger charge is 2.16. The Hall–Kier alpha value is -3.81. The second kappa shape index (κ2) is 9.36. The molecule has 4 aromatic rings. The number of hydrogen-bond donors (Lipinski definition) is 1. The van der Waals surface area contributed by atoms with Crippen molar-refractivity contribution in [1.82, 2.24) is 25.0 Å². The molecule has 3 heterocycles. The molecule has 1 N–H and O–H groups in total. The van der Waals surface area contributed by atoms with Crippen LogP contribution in [0.4, 0.5) is 5.69 Å². The molecule has 168 valence electrons. The maximum Gasteiger partial charge on any atom is 0.247 e. The first-order valence-corrected chi connectivity index (χ1v) is 11.4. The highest BCUT2D eigenvalue weighted by molar-refractivity contribution is 5.91. The SMILES string of the molecule is Cc1ccc(-c2nnc(CCC(=O)Nc3ccc(-c4nnc5n4CCCCC5)cc3)o2)cc1. The number of amides is 1. The Kier molecular flexibility index (Phi) is 5.97. The summed E-state index contributed by atoms with van der Waals surface area (Å²) in [5.74, 6) is 2.77. The zero-order chi connectivity index (χ0) is 22.6. The molecule has 8 heteroatoms. The molecule has 1 aliphatic heterocycles. The topological polar surface area (TPSA) is 98.7 Å². The van der Waals surface area contributed by atoms with Crippen LogP contribution in [0.2, 0.25) is 0 Å². The summed E-state index contributed by atoms with van der Waals surface area (Å²) >= 11 is 0. The minimum atomic E-state index is -0.103. The van der Waals surface area contributed by atoms with Crippen molar-refractivity contribution in [3.63, 3.8) is 0 Å². The zero-order valence-electron chi connectivity index (χ0n) is 18.6. The number of fused-ring (bicyclic) bond motifs is 1. The molecule has 0 spiro atoms. The van der Waals surface area contributed by atoms with Crippen molar-refractivity contribution in [2.75, 3.05) is 5.32 Å². The van der Waals surface area contributed by atoms with Gasteiger partial charge in [0.2, 0.25) is 17.7 Å². The van der Waals surface area contributed by atoms with Crippen molar-refractivity contribution in [3.8, 4) is 22.8 Å². The third kappa shape index (κ3) is 4.84. The van der Waals surface area contributed by atoms with Crippen LogP contribution in [0, 0.1) is 6.92 Å². The Balaban J connectivity index is 1.17. The summed E-state index contributed by atoms with van der Waals surface area (Å²) in [5, 5.41) is 19.8. The number of carbonyl (C=O) groups is 1. The van der Waals surface area contributed by atoms with Gasteiger partial charge in [-0.15, -0.1) is 20.4 Å². The molecule has 8 nitrogen and oxygen atoms in total. The van der Waals surface area contributed by atoms with Crippen LogP contribution in [0.1, 0.15) is 43.0 Å². The van der Waals surface area contributed by atoms with Gasteiger partial charge in [0, 0.05) is 42.6 Å². The van der Waals surface area contributed by atoms with Crippen molar-refractivity contribution in [2.45, 2.75) is 52.0 Å². The number of anilines is 1. The maximum atomic E-state index is 12.4. The Morgan fingerprint density at radius 3 is 2.55 bits per heavy atom. The van der Waals surface area contributed by atoms with E-state index in [0.29, 0.717) is 18.2 Å². The van der Waals surface area contributed by atoms with E-state index in [-0.39, 0.29) is 12.3 Å². The van der Waals surface area contributed by atoms with Crippen molar-refractivity contribution < 1.29 is 9.21 Å². The van der Waals surface area contributed by atoms with Gasteiger partial charge in [0.05, 0.1) is 0 Å². The molecular formula is C25H26N6O2. The van der Waals surface area contributed by atoms with Crippen LogP contribution in [-0.2, 0) is 24.2 Å². The maximum absolute atomic E-state index is 12.4. The van der Waals surface area contributed by atoms with Crippen LogP contribution in [0.25, 0.3) is 22.8 Å². The first-order chi connectivity index (χ1) is 16.2. The normalized spacial score (nSPS) is 13.4. The summed E-state index contributed by atoms with van der Waals surface area (Å²) in [6.07, 6.45) is 5.17. The van der Waals surface area contributed by atoms with Gasteiger partial charge >= 0.3 is 0 Å². The van der Waals surface area contributed by atoms with Crippen LogP contribution in [0.3, 0.4) is 0 Å². The summed E-state index contributed by atoms with van der Waals surface area (Å²) < 4.78 is 7.92. The molecule has 1 amide bonds. The molecule has 2 aromatic heterocycles. The van der Waals surface area contributed by atoms with E-state index in [2.05, 4.69) is 30.3 Å². The van der Waals surface area contributed by atoms with Gasteiger partial charge in [-0.1, -0.05) is 24.1 Å². The lowest BCUT2D eigenvalue weighted by molar-refractivity contribution is -0.116. The van der Waals surface area contributed by atoms with Gasteiger partial charge < -0.3 is 14.3 Å². The van der Waals surface area contributed by atoms with Gasteiger partial charge in [-0.3, -0.25) is 4.79 Å². The Morgan fingerprint density at radius 1 is 0.939 bits per heavy atom. The van der Waals surface area contributed by atoms with Gasteiger partial charge in [-0.05, 0) is 56.2 Å². The predicted octanol–water partition coefficient (Wildman–Crippen LogP) is 4.60. The van der Waals surface area contributed by atoms with E-state index < -0.39 is 0 Å². The van der Waals surface area contributed by atoms with E-state index in [0.717, 1.165) is 47.8 Å². The number of aryl methyl sites for hydroxylation is 3. The predicted molar refractivity (Wildman–Crippen MR) is 124 cm³/mol. The molecule has 0 saturated carbocycles. The minimum Gasteiger partial charge on any atom is -0.421 e. The summed E-state index contributed by atoms with van der Waals surface area (Å²) in [7, 11) is 0. The number of aromatic nitrogens is 5. The first kappa shape index (κ1) is 21.1. The van der Waals surface area contributed by atoms with E-state index in [1.807, 2.05) is 55.5 Å². The summed E-state index contributed by atoms with van der Waals surface area (Å²) in [4.78, 5) is 12.4. The number of nitrogens with one attached hydrogen (secondary N) is 1. The second-order valence-corrected chi connectivity index (χ2v) is 8.39. The lowest BCUT2D eigenvalue weighted by Crippen LogP contribution is -2.12. The molecule has 0 aliphatic carbocycles. The van der Waals surface area contributed by atoms with Crippen LogP contribution < -0.4 is 5.32 Å². The second-order valence-electron chi connectivity index (χ2n) is 8.39. The number of nitrogens with zero attached hydrogens (tertiary/aromatic N) is 5. The zero-order valence-corrected chi connectivity index (χ0v) is 18.6. The van der Waals surface area contributed by atoms with Crippen molar-refractivity contribution in [1.29, 1.82) is 0 Å². The van der Waals surface area contributed by atoms with E-state index in [4.69, 9.17) is 4.42 Å². The van der Waals surface area contributed by atoms with Gasteiger partial charge in [0.15, 0.2) is 5.82 Å². The Morgan fingerprint density at radius 2 is 1.73 bits per heavy atom.